The molecule has 1 aromatic carbocycles. The zero-order chi connectivity index (χ0) is 15.1. The molecule has 0 saturated carbocycles. The van der Waals surface area contributed by atoms with Crippen LogP contribution in [-0.2, 0) is 19.3 Å². The number of nitrogens with one attached hydrogen (secondary N) is 1. The van der Waals surface area contributed by atoms with E-state index in [0.29, 0.717) is 0 Å². The number of aliphatic hydroxyl groups is 1. The van der Waals surface area contributed by atoms with Crippen LogP contribution < -0.4 is 5.32 Å². The number of hydrogen-bond donors (Lipinski definition) is 2. The van der Waals surface area contributed by atoms with Gasteiger partial charge in [0.2, 0.25) is 0 Å². The Balaban J connectivity index is 1.54. The third-order valence-corrected chi connectivity index (χ3v) is 6.21. The van der Waals surface area contributed by atoms with E-state index < -0.39 is 0 Å². The molecule has 2 aliphatic carbocycles. The molecule has 4 rings (SSSR count). The molecule has 1 aromatic heterocycles. The van der Waals surface area contributed by atoms with Crippen LogP contribution in [0, 0.1) is 0 Å². The van der Waals surface area contributed by atoms with Crippen molar-refractivity contribution in [2.24, 2.45) is 0 Å². The molecule has 0 amide bonds. The SMILES string of the molecule is CC(NC1c2ccccc2CC1O)c1nc2c(s1)CCCC2. The molecule has 3 unspecified atom stereocenters. The summed E-state index contributed by atoms with van der Waals surface area (Å²) in [6, 6.07) is 8.55. The van der Waals surface area contributed by atoms with Crippen molar-refractivity contribution in [3.05, 3.63) is 51.0 Å². The average molecular weight is 314 g/mol. The number of hydrogen-bond acceptors (Lipinski definition) is 4. The molecule has 0 saturated heterocycles. The number of fused-ring (bicyclic) bond motifs is 2. The zero-order valence-electron chi connectivity index (χ0n) is 12.9. The molecule has 0 aliphatic heterocycles. The molecule has 1 heterocycles. The van der Waals surface area contributed by atoms with Gasteiger partial charge in [-0.2, -0.15) is 0 Å². The quantitative estimate of drug-likeness (QED) is 0.913. The first-order chi connectivity index (χ1) is 10.7. The number of aryl methyl sites for hydroxylation is 2. The minimum absolute atomic E-state index is 0.0205. The van der Waals surface area contributed by atoms with Crippen molar-refractivity contribution in [3.8, 4) is 0 Å². The van der Waals surface area contributed by atoms with Crippen LogP contribution in [0.25, 0.3) is 0 Å². The second-order valence-corrected chi connectivity index (χ2v) is 7.58. The van der Waals surface area contributed by atoms with E-state index in [0.717, 1.165) is 12.8 Å². The van der Waals surface area contributed by atoms with Crippen LogP contribution in [0.15, 0.2) is 24.3 Å². The van der Waals surface area contributed by atoms with Gasteiger partial charge in [0, 0.05) is 11.3 Å². The van der Waals surface area contributed by atoms with Crippen LogP contribution in [0.4, 0.5) is 0 Å². The maximum absolute atomic E-state index is 10.4. The molecular formula is C18H22N2OS. The normalized spacial score (nSPS) is 24.8. The summed E-state index contributed by atoms with van der Waals surface area (Å²) in [4.78, 5) is 6.32. The lowest BCUT2D eigenvalue weighted by Crippen LogP contribution is -2.30. The first kappa shape index (κ1) is 14.4. The monoisotopic (exact) mass is 314 g/mol. The van der Waals surface area contributed by atoms with E-state index in [-0.39, 0.29) is 18.2 Å². The Morgan fingerprint density at radius 3 is 2.95 bits per heavy atom. The third kappa shape index (κ3) is 2.49. The number of rotatable bonds is 3. The van der Waals surface area contributed by atoms with Crippen molar-refractivity contribution >= 4 is 11.3 Å². The van der Waals surface area contributed by atoms with Crippen molar-refractivity contribution < 1.29 is 5.11 Å². The van der Waals surface area contributed by atoms with E-state index in [1.54, 1.807) is 0 Å². The van der Waals surface area contributed by atoms with Crippen molar-refractivity contribution in [2.75, 3.05) is 0 Å². The summed E-state index contributed by atoms with van der Waals surface area (Å²) in [5.41, 5.74) is 3.81. The molecule has 2 N–H and O–H groups in total. The summed E-state index contributed by atoms with van der Waals surface area (Å²) < 4.78 is 0. The highest BCUT2D eigenvalue weighted by Crippen LogP contribution is 2.35. The molecule has 0 radical (unpaired) electrons. The highest BCUT2D eigenvalue weighted by molar-refractivity contribution is 7.11. The summed E-state index contributed by atoms with van der Waals surface area (Å²) in [6.45, 7) is 2.16. The van der Waals surface area contributed by atoms with Gasteiger partial charge in [-0.1, -0.05) is 24.3 Å². The molecule has 2 aromatic rings. The van der Waals surface area contributed by atoms with Gasteiger partial charge >= 0.3 is 0 Å². The predicted octanol–water partition coefficient (Wildman–Crippen LogP) is 3.33. The average Bonchev–Trinajstić information content (AvgIpc) is 3.09. The fraction of sp³-hybridized carbons (Fsp3) is 0.500. The zero-order valence-corrected chi connectivity index (χ0v) is 13.7. The Morgan fingerprint density at radius 2 is 2.09 bits per heavy atom. The van der Waals surface area contributed by atoms with Gasteiger partial charge in [0.05, 0.1) is 23.9 Å². The van der Waals surface area contributed by atoms with Crippen LogP contribution in [0.2, 0.25) is 0 Å². The van der Waals surface area contributed by atoms with Crippen LogP contribution in [0.3, 0.4) is 0 Å². The van der Waals surface area contributed by atoms with Crippen LogP contribution >= 0.6 is 11.3 Å². The van der Waals surface area contributed by atoms with Crippen LogP contribution in [0.1, 0.15) is 58.6 Å². The van der Waals surface area contributed by atoms with Gasteiger partial charge in [-0.3, -0.25) is 5.32 Å². The number of aliphatic hydroxyl groups excluding tert-OH is 1. The topological polar surface area (TPSA) is 45.1 Å². The summed E-state index contributed by atoms with van der Waals surface area (Å²) in [5, 5.41) is 15.2. The van der Waals surface area contributed by atoms with E-state index in [1.165, 1.54) is 46.0 Å². The second kappa shape index (κ2) is 5.76. The van der Waals surface area contributed by atoms with E-state index in [4.69, 9.17) is 4.98 Å². The van der Waals surface area contributed by atoms with Crippen molar-refractivity contribution in [1.82, 2.24) is 10.3 Å². The lowest BCUT2D eigenvalue weighted by molar-refractivity contribution is 0.136. The number of thiazole rings is 1. The Kier molecular flexibility index (Phi) is 3.76. The summed E-state index contributed by atoms with van der Waals surface area (Å²) in [5.74, 6) is 0. The number of nitrogens with zero attached hydrogens (tertiary/aromatic N) is 1. The molecule has 3 nitrogen and oxygen atoms in total. The fourth-order valence-electron chi connectivity index (χ4n) is 3.67. The molecular weight excluding hydrogens is 292 g/mol. The Hall–Kier alpha value is -1.23. The van der Waals surface area contributed by atoms with Crippen LogP contribution in [0.5, 0.6) is 0 Å². The van der Waals surface area contributed by atoms with Crippen LogP contribution in [-0.4, -0.2) is 16.2 Å². The van der Waals surface area contributed by atoms with Crippen molar-refractivity contribution in [2.45, 2.75) is 57.2 Å². The summed E-state index contributed by atoms with van der Waals surface area (Å²) in [6.07, 6.45) is 5.30. The van der Waals surface area contributed by atoms with Crippen molar-refractivity contribution in [3.63, 3.8) is 0 Å². The van der Waals surface area contributed by atoms with Gasteiger partial charge in [0.15, 0.2) is 0 Å². The molecule has 22 heavy (non-hydrogen) atoms. The van der Waals surface area contributed by atoms with Gasteiger partial charge in [-0.25, -0.2) is 4.98 Å². The Morgan fingerprint density at radius 1 is 1.27 bits per heavy atom. The summed E-state index contributed by atoms with van der Waals surface area (Å²) in [7, 11) is 0. The highest BCUT2D eigenvalue weighted by Gasteiger charge is 2.32. The first-order valence-corrected chi connectivity index (χ1v) is 9.04. The first-order valence-electron chi connectivity index (χ1n) is 8.23. The molecule has 116 valence electrons. The third-order valence-electron chi connectivity index (χ3n) is 4.87. The molecule has 4 heteroatoms. The maximum Gasteiger partial charge on any atom is 0.110 e. The highest BCUT2D eigenvalue weighted by atomic mass is 32.1. The Bertz CT molecular complexity index is 658. The van der Waals surface area contributed by atoms with Gasteiger partial charge in [0.25, 0.3) is 0 Å². The van der Waals surface area contributed by atoms with E-state index in [2.05, 4.69) is 30.4 Å². The molecule has 0 fully saturated rings. The minimum atomic E-state index is -0.338. The predicted molar refractivity (Wildman–Crippen MR) is 89.2 cm³/mol. The fourth-order valence-corrected chi connectivity index (χ4v) is 4.84. The number of aromatic nitrogens is 1. The summed E-state index contributed by atoms with van der Waals surface area (Å²) >= 11 is 1.85. The molecule has 0 spiro atoms. The molecule has 2 aliphatic rings. The van der Waals surface area contributed by atoms with Gasteiger partial charge in [0.1, 0.15) is 5.01 Å². The minimum Gasteiger partial charge on any atom is -0.391 e. The van der Waals surface area contributed by atoms with Crippen molar-refractivity contribution in [1.29, 1.82) is 0 Å². The standard InChI is InChI=1S/C18H22N2OS/c1-11(18-20-14-8-4-5-9-16(14)22-18)19-17-13-7-3-2-6-12(13)10-15(17)21/h2-3,6-7,11,15,17,19,21H,4-5,8-10H2,1H3. The largest absolute Gasteiger partial charge is 0.391 e. The maximum atomic E-state index is 10.4. The second-order valence-electron chi connectivity index (χ2n) is 6.47. The smallest absolute Gasteiger partial charge is 0.110 e. The lowest BCUT2D eigenvalue weighted by atomic mass is 10.0. The van der Waals surface area contributed by atoms with Gasteiger partial charge < -0.3 is 5.11 Å². The Labute approximate surface area is 135 Å². The van der Waals surface area contributed by atoms with Gasteiger partial charge in [-0.05, 0) is 43.7 Å². The van der Waals surface area contributed by atoms with E-state index in [1.807, 2.05) is 17.4 Å². The van der Waals surface area contributed by atoms with Gasteiger partial charge in [-0.15, -0.1) is 11.3 Å². The van der Waals surface area contributed by atoms with E-state index in [9.17, 15) is 5.11 Å². The molecule has 0 bridgehead atoms. The van der Waals surface area contributed by atoms with E-state index >= 15 is 0 Å². The lowest BCUT2D eigenvalue weighted by Gasteiger charge is -2.22. The number of benzene rings is 1. The molecule has 3 atom stereocenters.